The van der Waals surface area contributed by atoms with Crippen LogP contribution in [0.4, 0.5) is 11.4 Å². The number of anilines is 2. The molecule has 0 fully saturated rings. The first-order valence-electron chi connectivity index (χ1n) is 8.11. The van der Waals surface area contributed by atoms with Gasteiger partial charge in [0.25, 0.3) is 0 Å². The van der Waals surface area contributed by atoms with Crippen LogP contribution < -0.4 is 29.9 Å². The Kier molecular flexibility index (Phi) is 4.06. The summed E-state index contributed by atoms with van der Waals surface area (Å²) in [4.78, 5) is 4.49. The lowest BCUT2D eigenvalue weighted by molar-refractivity contribution is 0.308. The third-order valence-electron chi connectivity index (χ3n) is 4.76. The molecule has 6 heteroatoms. The SMILES string of the molecule is CN1CCOc2c1ccc(P)c2-c1c(P)ccc2c1OCCN2C. The van der Waals surface area contributed by atoms with Crippen LogP contribution in [0.1, 0.15) is 0 Å². The molecule has 2 aliphatic heterocycles. The number of rotatable bonds is 1. The van der Waals surface area contributed by atoms with Crippen molar-refractivity contribution in [2.45, 2.75) is 0 Å². The zero-order valence-corrected chi connectivity index (χ0v) is 16.3. The first-order chi connectivity index (χ1) is 11.6. The van der Waals surface area contributed by atoms with Gasteiger partial charge in [-0.1, -0.05) is 12.1 Å². The molecule has 0 aromatic heterocycles. The second-order valence-corrected chi connectivity index (χ2v) is 7.54. The van der Waals surface area contributed by atoms with Crippen molar-refractivity contribution >= 4 is 40.5 Å². The molecule has 0 radical (unpaired) electrons. The lowest BCUT2D eigenvalue weighted by atomic mass is 9.99. The number of ether oxygens (including phenoxy) is 2. The monoisotopic (exact) mass is 360 g/mol. The smallest absolute Gasteiger partial charge is 0.151 e. The Morgan fingerprint density at radius 3 is 1.58 bits per heavy atom. The molecule has 0 N–H and O–H groups in total. The van der Waals surface area contributed by atoms with Gasteiger partial charge in [-0.15, -0.1) is 18.5 Å². The molecule has 0 saturated heterocycles. The van der Waals surface area contributed by atoms with Gasteiger partial charge in [-0.05, 0) is 22.7 Å². The van der Waals surface area contributed by atoms with Gasteiger partial charge in [0.15, 0.2) is 11.5 Å². The minimum atomic E-state index is 0.701. The van der Waals surface area contributed by atoms with Crippen molar-refractivity contribution in [1.29, 1.82) is 0 Å². The van der Waals surface area contributed by atoms with Crippen LogP contribution in [-0.2, 0) is 0 Å². The van der Waals surface area contributed by atoms with Gasteiger partial charge >= 0.3 is 0 Å². The summed E-state index contributed by atoms with van der Waals surface area (Å²) in [6.45, 7) is 3.21. The maximum atomic E-state index is 6.10. The van der Waals surface area contributed by atoms with E-state index >= 15 is 0 Å². The Balaban J connectivity index is 2.01. The summed E-state index contributed by atoms with van der Waals surface area (Å²) in [7, 11) is 9.92. The van der Waals surface area contributed by atoms with Crippen molar-refractivity contribution in [1.82, 2.24) is 0 Å². The topological polar surface area (TPSA) is 24.9 Å². The minimum Gasteiger partial charge on any atom is -0.489 e. The summed E-state index contributed by atoms with van der Waals surface area (Å²) in [6.07, 6.45) is 0. The molecule has 2 unspecified atom stereocenters. The zero-order chi connectivity index (χ0) is 16.8. The summed E-state index contributed by atoms with van der Waals surface area (Å²) in [5.41, 5.74) is 4.49. The quantitative estimate of drug-likeness (QED) is 0.727. The number of hydrogen-bond donors (Lipinski definition) is 0. The average molecular weight is 360 g/mol. The molecule has 0 aliphatic carbocycles. The third-order valence-corrected chi connectivity index (χ3v) is 5.72. The molecular weight excluding hydrogens is 338 g/mol. The predicted octanol–water partition coefficient (Wildman–Crippen LogP) is 2.01. The maximum absolute atomic E-state index is 6.10. The van der Waals surface area contributed by atoms with E-state index in [2.05, 4.69) is 66.6 Å². The van der Waals surface area contributed by atoms with E-state index in [4.69, 9.17) is 9.47 Å². The third kappa shape index (κ3) is 2.44. The van der Waals surface area contributed by atoms with Crippen molar-refractivity contribution in [2.24, 2.45) is 0 Å². The van der Waals surface area contributed by atoms with E-state index in [-0.39, 0.29) is 0 Å². The van der Waals surface area contributed by atoms with E-state index in [1.807, 2.05) is 0 Å². The van der Waals surface area contributed by atoms with Crippen molar-refractivity contribution in [3.63, 3.8) is 0 Å². The maximum Gasteiger partial charge on any atom is 0.151 e. The van der Waals surface area contributed by atoms with Crippen LogP contribution in [-0.4, -0.2) is 40.4 Å². The largest absolute Gasteiger partial charge is 0.489 e. The minimum absolute atomic E-state index is 0.701. The zero-order valence-electron chi connectivity index (χ0n) is 14.0. The Morgan fingerprint density at radius 1 is 0.750 bits per heavy atom. The molecule has 2 heterocycles. The highest BCUT2D eigenvalue weighted by atomic mass is 31.0. The Morgan fingerprint density at radius 2 is 1.17 bits per heavy atom. The Labute approximate surface area is 147 Å². The van der Waals surface area contributed by atoms with Gasteiger partial charge < -0.3 is 19.3 Å². The molecule has 24 heavy (non-hydrogen) atoms. The highest BCUT2D eigenvalue weighted by Crippen LogP contribution is 2.46. The van der Waals surface area contributed by atoms with Gasteiger partial charge in [0, 0.05) is 25.2 Å². The molecule has 2 aliphatic rings. The molecule has 0 bridgehead atoms. The molecule has 0 saturated carbocycles. The van der Waals surface area contributed by atoms with Gasteiger partial charge in [-0.2, -0.15) is 0 Å². The molecule has 2 aromatic carbocycles. The molecule has 0 spiro atoms. The van der Waals surface area contributed by atoms with Crippen LogP contribution in [0.3, 0.4) is 0 Å². The van der Waals surface area contributed by atoms with Crippen LogP contribution in [0.25, 0.3) is 11.1 Å². The van der Waals surface area contributed by atoms with E-state index in [9.17, 15) is 0 Å². The fourth-order valence-electron chi connectivity index (χ4n) is 3.39. The highest BCUT2D eigenvalue weighted by molar-refractivity contribution is 7.29. The van der Waals surface area contributed by atoms with Crippen LogP contribution in [0.5, 0.6) is 11.5 Å². The summed E-state index contributed by atoms with van der Waals surface area (Å²) in [5, 5.41) is 2.25. The van der Waals surface area contributed by atoms with E-state index in [1.165, 1.54) is 0 Å². The lowest BCUT2D eigenvalue weighted by Crippen LogP contribution is -2.31. The van der Waals surface area contributed by atoms with Gasteiger partial charge in [0.05, 0.1) is 24.5 Å². The van der Waals surface area contributed by atoms with Crippen molar-refractivity contribution in [2.75, 3.05) is 50.2 Å². The predicted molar refractivity (Wildman–Crippen MR) is 108 cm³/mol. The molecule has 4 rings (SSSR count). The van der Waals surface area contributed by atoms with E-state index in [0.29, 0.717) is 13.2 Å². The van der Waals surface area contributed by atoms with Crippen molar-refractivity contribution < 1.29 is 9.47 Å². The number of benzene rings is 2. The average Bonchev–Trinajstić information content (AvgIpc) is 2.56. The van der Waals surface area contributed by atoms with E-state index in [1.54, 1.807) is 0 Å². The highest BCUT2D eigenvalue weighted by Gasteiger charge is 2.27. The fourth-order valence-corrected chi connectivity index (χ4v) is 4.14. The van der Waals surface area contributed by atoms with Crippen molar-refractivity contribution in [3.05, 3.63) is 24.3 Å². The summed E-state index contributed by atoms with van der Waals surface area (Å²) in [6, 6.07) is 8.54. The molecule has 0 amide bonds. The van der Waals surface area contributed by atoms with Crippen LogP contribution in [0.2, 0.25) is 0 Å². The lowest BCUT2D eigenvalue weighted by Gasteiger charge is -2.33. The first kappa shape index (κ1) is 16.0. The van der Waals surface area contributed by atoms with Gasteiger partial charge in [-0.25, -0.2) is 0 Å². The van der Waals surface area contributed by atoms with Gasteiger partial charge in [0.1, 0.15) is 13.2 Å². The van der Waals surface area contributed by atoms with Crippen molar-refractivity contribution in [3.8, 4) is 22.6 Å². The van der Waals surface area contributed by atoms with Crippen LogP contribution in [0, 0.1) is 0 Å². The van der Waals surface area contributed by atoms with Crippen LogP contribution >= 0.6 is 18.5 Å². The summed E-state index contributed by atoms with van der Waals surface area (Å²) >= 11 is 0. The summed E-state index contributed by atoms with van der Waals surface area (Å²) in [5.74, 6) is 1.90. The molecule has 4 nitrogen and oxygen atoms in total. The van der Waals surface area contributed by atoms with E-state index in [0.717, 1.165) is 57.7 Å². The molecule has 126 valence electrons. The first-order valence-corrected chi connectivity index (χ1v) is 9.26. The number of hydrogen-bond acceptors (Lipinski definition) is 4. The molecule has 2 atom stereocenters. The van der Waals surface area contributed by atoms with Gasteiger partial charge in [0.2, 0.25) is 0 Å². The number of nitrogens with zero attached hydrogens (tertiary/aromatic N) is 2. The molecule has 2 aromatic rings. The molecular formula is C18H22N2O2P2. The Hall–Kier alpha value is -1.50. The fraction of sp³-hybridized carbons (Fsp3) is 0.333. The number of likely N-dealkylation sites (N-methyl/N-ethyl adjacent to an activating group) is 2. The number of fused-ring (bicyclic) bond motifs is 2. The summed E-state index contributed by atoms with van der Waals surface area (Å²) < 4.78 is 12.2. The second-order valence-electron chi connectivity index (χ2n) is 6.30. The second kappa shape index (κ2) is 6.10. The Bertz CT molecular complexity index is 743. The van der Waals surface area contributed by atoms with E-state index < -0.39 is 0 Å². The normalized spacial score (nSPS) is 16.2. The van der Waals surface area contributed by atoms with Gasteiger partial charge in [-0.3, -0.25) is 0 Å². The standard InChI is InChI=1S/C18H22N2O2P2/c1-19-7-9-21-17-11(19)3-5-13(23)15(17)16-14(24)6-4-12-18(16)22-10-8-20(12)2/h3-6H,7-10,23-24H2,1-2H3. The van der Waals surface area contributed by atoms with Crippen LogP contribution in [0.15, 0.2) is 24.3 Å².